The number of benzene rings is 1. The molecule has 0 amide bonds. The first-order valence-electron chi connectivity index (χ1n) is 9.47. The van der Waals surface area contributed by atoms with Gasteiger partial charge in [-0.15, -0.1) is 0 Å². The topological polar surface area (TPSA) is 119 Å². The average molecular weight is 407 g/mol. The Morgan fingerprint density at radius 1 is 1.23 bits per heavy atom. The monoisotopic (exact) mass is 407 g/mol. The van der Waals surface area contributed by atoms with Gasteiger partial charge in [-0.1, -0.05) is 12.1 Å². The molecule has 0 bridgehead atoms. The summed E-state index contributed by atoms with van der Waals surface area (Å²) in [6, 6.07) is 11.6. The molecule has 0 aliphatic rings. The van der Waals surface area contributed by atoms with E-state index in [1.165, 1.54) is 0 Å². The number of hydrogen-bond donors (Lipinski definition) is 3. The van der Waals surface area contributed by atoms with E-state index in [0.717, 1.165) is 43.8 Å². The third kappa shape index (κ3) is 4.49. The summed E-state index contributed by atoms with van der Waals surface area (Å²) in [5, 5.41) is 14.2. The summed E-state index contributed by atoms with van der Waals surface area (Å²) in [6.45, 7) is 4.19. The van der Waals surface area contributed by atoms with Crippen molar-refractivity contribution in [3.05, 3.63) is 76.9 Å². The largest absolute Gasteiger partial charge is 0.497 e. The second-order valence-electron chi connectivity index (χ2n) is 6.79. The number of ether oxygens (including phenoxy) is 1. The molecule has 0 unspecified atom stereocenters. The number of methoxy groups -OCH3 is 1. The van der Waals surface area contributed by atoms with E-state index in [0.29, 0.717) is 18.7 Å². The quantitative estimate of drug-likeness (QED) is 0.475. The minimum atomic E-state index is -1.06. The Labute approximate surface area is 174 Å². The summed E-state index contributed by atoms with van der Waals surface area (Å²) in [6.07, 6.45) is 3.23. The molecule has 0 saturated heterocycles. The highest BCUT2D eigenvalue weighted by atomic mass is 16.5. The minimum Gasteiger partial charge on any atom is -0.497 e. The van der Waals surface area contributed by atoms with Crippen molar-refractivity contribution in [2.45, 2.75) is 26.8 Å². The van der Waals surface area contributed by atoms with Crippen LogP contribution in [0.1, 0.15) is 28.1 Å². The van der Waals surface area contributed by atoms with Gasteiger partial charge >= 0.3 is 6.09 Å². The maximum atomic E-state index is 11.1. The molecule has 1 aromatic carbocycles. The number of aromatic nitrogens is 4. The van der Waals surface area contributed by atoms with Crippen molar-refractivity contribution in [2.24, 2.45) is 5.73 Å². The Kier molecular flexibility index (Phi) is 6.48. The van der Waals surface area contributed by atoms with E-state index in [4.69, 9.17) is 15.6 Å². The Morgan fingerprint density at radius 2 is 1.97 bits per heavy atom. The molecule has 3 heterocycles. The first-order valence-corrected chi connectivity index (χ1v) is 9.47. The molecule has 0 radical (unpaired) electrons. The fourth-order valence-corrected chi connectivity index (χ4v) is 3.23. The number of pyridine rings is 1. The van der Waals surface area contributed by atoms with Gasteiger partial charge in [0.05, 0.1) is 18.5 Å². The van der Waals surface area contributed by atoms with E-state index in [1.54, 1.807) is 20.2 Å². The molecular formula is C22H25N5O3. The number of fused-ring (bicyclic) bond motifs is 1. The van der Waals surface area contributed by atoms with Crippen LogP contribution in [0.2, 0.25) is 0 Å². The highest BCUT2D eigenvalue weighted by molar-refractivity contribution is 5.80. The van der Waals surface area contributed by atoms with Gasteiger partial charge in [0.15, 0.2) is 0 Å². The molecule has 0 fully saturated rings. The molecule has 8 nitrogen and oxygen atoms in total. The van der Waals surface area contributed by atoms with Gasteiger partial charge in [0, 0.05) is 36.3 Å². The van der Waals surface area contributed by atoms with E-state index in [2.05, 4.69) is 15.1 Å². The normalized spacial score (nSPS) is 10.5. The molecule has 30 heavy (non-hydrogen) atoms. The fourth-order valence-electron chi connectivity index (χ4n) is 3.23. The number of H-pyrrole nitrogens is 1. The van der Waals surface area contributed by atoms with Gasteiger partial charge in [0.25, 0.3) is 0 Å². The average Bonchev–Trinajstić information content (AvgIpc) is 3.30. The third-order valence-electron chi connectivity index (χ3n) is 4.92. The Bertz CT molecular complexity index is 1120. The lowest BCUT2D eigenvalue weighted by Crippen LogP contribution is -2.11. The number of aryl methyl sites for hydroxylation is 1. The van der Waals surface area contributed by atoms with Crippen LogP contribution >= 0.6 is 0 Å². The number of rotatable bonds is 4. The molecule has 4 aromatic rings. The van der Waals surface area contributed by atoms with Crippen molar-refractivity contribution >= 4 is 17.1 Å². The SMILES string of the molecule is COc1ccc(CN)cc1.Cc1nn(C(=O)O)c(C)c1Cc1c[nH]c2ncccc12. The predicted octanol–water partition coefficient (Wildman–Crippen LogP) is 3.65. The number of carboxylic acid groups (broad SMARTS) is 1. The lowest BCUT2D eigenvalue weighted by molar-refractivity contribution is 0.192. The zero-order chi connectivity index (χ0) is 21.7. The second kappa shape index (κ2) is 9.23. The third-order valence-corrected chi connectivity index (χ3v) is 4.92. The Morgan fingerprint density at radius 3 is 2.57 bits per heavy atom. The lowest BCUT2D eigenvalue weighted by Gasteiger charge is -2.01. The van der Waals surface area contributed by atoms with Crippen LogP contribution in [0.5, 0.6) is 5.75 Å². The smallest absolute Gasteiger partial charge is 0.432 e. The van der Waals surface area contributed by atoms with E-state index in [1.807, 2.05) is 49.5 Å². The van der Waals surface area contributed by atoms with Gasteiger partial charge in [-0.2, -0.15) is 9.78 Å². The van der Waals surface area contributed by atoms with E-state index in [-0.39, 0.29) is 0 Å². The number of hydrogen-bond acceptors (Lipinski definition) is 5. The van der Waals surface area contributed by atoms with Crippen molar-refractivity contribution in [3.8, 4) is 5.75 Å². The van der Waals surface area contributed by atoms with Crippen molar-refractivity contribution in [3.63, 3.8) is 0 Å². The van der Waals surface area contributed by atoms with Crippen LogP contribution in [0.15, 0.2) is 48.8 Å². The fraction of sp³-hybridized carbons (Fsp3) is 0.227. The van der Waals surface area contributed by atoms with Crippen LogP contribution in [0.3, 0.4) is 0 Å². The number of nitrogens with one attached hydrogen (secondary N) is 1. The lowest BCUT2D eigenvalue weighted by atomic mass is 10.0. The number of aromatic amines is 1. The van der Waals surface area contributed by atoms with Crippen LogP contribution in [0.25, 0.3) is 11.0 Å². The first kappa shape index (κ1) is 21.1. The molecule has 3 aromatic heterocycles. The van der Waals surface area contributed by atoms with Crippen molar-refractivity contribution < 1.29 is 14.6 Å². The van der Waals surface area contributed by atoms with Gasteiger partial charge in [0.2, 0.25) is 0 Å². The van der Waals surface area contributed by atoms with E-state index in [9.17, 15) is 4.79 Å². The van der Waals surface area contributed by atoms with Crippen molar-refractivity contribution in [1.29, 1.82) is 0 Å². The molecule has 8 heteroatoms. The summed E-state index contributed by atoms with van der Waals surface area (Å²) in [7, 11) is 1.65. The van der Waals surface area contributed by atoms with Crippen LogP contribution in [-0.4, -0.2) is 38.1 Å². The van der Waals surface area contributed by atoms with Crippen molar-refractivity contribution in [1.82, 2.24) is 19.7 Å². The first-order chi connectivity index (χ1) is 14.4. The zero-order valence-electron chi connectivity index (χ0n) is 17.2. The summed E-state index contributed by atoms with van der Waals surface area (Å²) < 4.78 is 6.00. The molecule has 0 saturated carbocycles. The molecule has 156 valence electrons. The summed E-state index contributed by atoms with van der Waals surface area (Å²) in [4.78, 5) is 18.5. The molecule has 0 atom stereocenters. The van der Waals surface area contributed by atoms with Crippen LogP contribution < -0.4 is 10.5 Å². The Balaban J connectivity index is 0.000000216. The van der Waals surface area contributed by atoms with Crippen molar-refractivity contribution in [2.75, 3.05) is 7.11 Å². The Hall–Kier alpha value is -3.65. The summed E-state index contributed by atoms with van der Waals surface area (Å²) in [5.41, 5.74) is 10.8. The molecule has 0 spiro atoms. The number of nitrogens with two attached hydrogens (primary N) is 1. The van der Waals surface area contributed by atoms with Gasteiger partial charge in [0.1, 0.15) is 11.4 Å². The molecule has 0 aliphatic heterocycles. The molecule has 4 N–H and O–H groups in total. The molecule has 0 aliphatic carbocycles. The van der Waals surface area contributed by atoms with E-state index >= 15 is 0 Å². The van der Waals surface area contributed by atoms with Gasteiger partial charge in [-0.3, -0.25) is 0 Å². The summed E-state index contributed by atoms with van der Waals surface area (Å²) in [5.74, 6) is 0.872. The van der Waals surface area contributed by atoms with Gasteiger partial charge < -0.3 is 20.6 Å². The number of nitrogens with zero attached hydrogens (tertiary/aromatic N) is 3. The maximum Gasteiger partial charge on any atom is 0.432 e. The van der Waals surface area contributed by atoms with E-state index < -0.39 is 6.09 Å². The van der Waals surface area contributed by atoms with Crippen LogP contribution in [-0.2, 0) is 13.0 Å². The minimum absolute atomic E-state index is 0.587. The van der Waals surface area contributed by atoms with Crippen LogP contribution in [0, 0.1) is 13.8 Å². The second-order valence-corrected chi connectivity index (χ2v) is 6.79. The molecular weight excluding hydrogens is 382 g/mol. The molecule has 4 rings (SSSR count). The van der Waals surface area contributed by atoms with Gasteiger partial charge in [-0.05, 0) is 49.2 Å². The zero-order valence-corrected chi connectivity index (χ0v) is 17.2. The highest BCUT2D eigenvalue weighted by Crippen LogP contribution is 2.23. The predicted molar refractivity (Wildman–Crippen MR) is 115 cm³/mol. The van der Waals surface area contributed by atoms with Crippen LogP contribution in [0.4, 0.5) is 4.79 Å². The highest BCUT2D eigenvalue weighted by Gasteiger charge is 2.17. The van der Waals surface area contributed by atoms with Gasteiger partial charge in [-0.25, -0.2) is 9.78 Å². The number of carbonyl (C=O) groups is 1. The summed E-state index contributed by atoms with van der Waals surface area (Å²) >= 11 is 0. The standard InChI is InChI=1S/C14H14N4O2.C8H11NO/c1-8-12(9(2)18(17-8)14(19)20)6-10-7-16-13-11(10)4-3-5-15-13;1-10-8-4-2-7(6-9)3-5-8/h3-5,7H,6H2,1-2H3,(H,15,16)(H,19,20);2-5H,6,9H2,1H3. The maximum absolute atomic E-state index is 11.1.